The van der Waals surface area contributed by atoms with Crippen molar-refractivity contribution in [2.45, 2.75) is 6.18 Å². The van der Waals surface area contributed by atoms with Crippen LogP contribution in [-0.2, 0) is 6.18 Å². The van der Waals surface area contributed by atoms with E-state index in [1.807, 2.05) is 0 Å². The first-order valence-electron chi connectivity index (χ1n) is 6.47. The third-order valence-electron chi connectivity index (χ3n) is 3.20. The first-order valence-corrected chi connectivity index (χ1v) is 6.47. The fourth-order valence-electron chi connectivity index (χ4n) is 2.08. The van der Waals surface area contributed by atoms with Gasteiger partial charge in [-0.3, -0.25) is 0 Å². The molecular formula is C16H9F4NO2. The van der Waals surface area contributed by atoms with Crippen molar-refractivity contribution in [1.82, 2.24) is 4.98 Å². The van der Waals surface area contributed by atoms with Crippen LogP contribution in [0.2, 0.25) is 0 Å². The number of ether oxygens (including phenoxy) is 1. The number of rotatable bonds is 2. The highest BCUT2D eigenvalue weighted by atomic mass is 19.4. The molecule has 2 aromatic carbocycles. The number of fused-ring (bicyclic) bond motifs is 1. The number of hydrogen-bond acceptors (Lipinski definition) is 3. The van der Waals surface area contributed by atoms with Crippen molar-refractivity contribution in [3.63, 3.8) is 0 Å². The minimum absolute atomic E-state index is 0.102. The van der Waals surface area contributed by atoms with Crippen LogP contribution in [0.1, 0.15) is 5.56 Å². The van der Waals surface area contributed by atoms with E-state index < -0.39 is 23.4 Å². The number of alkyl halides is 3. The Hall–Kier alpha value is -2.83. The maximum Gasteiger partial charge on any atom is 0.417 e. The quantitative estimate of drug-likeness (QED) is 0.683. The Labute approximate surface area is 127 Å². The molecular weight excluding hydrogens is 314 g/mol. The topological polar surface area (TPSA) is 42.4 Å². The van der Waals surface area contributed by atoms with Gasteiger partial charge in [0.25, 0.3) is 5.88 Å². The number of aromatic hydroxyl groups is 1. The van der Waals surface area contributed by atoms with Gasteiger partial charge in [-0.2, -0.15) is 13.2 Å². The lowest BCUT2D eigenvalue weighted by atomic mass is 10.1. The Morgan fingerprint density at radius 2 is 1.78 bits per heavy atom. The molecule has 1 N–H and O–H groups in total. The van der Waals surface area contributed by atoms with Crippen LogP contribution in [0.4, 0.5) is 17.6 Å². The van der Waals surface area contributed by atoms with Crippen molar-refractivity contribution >= 4 is 10.8 Å². The van der Waals surface area contributed by atoms with Crippen LogP contribution in [0, 0.1) is 5.82 Å². The van der Waals surface area contributed by atoms with Crippen molar-refractivity contribution in [3.8, 4) is 17.4 Å². The lowest BCUT2D eigenvalue weighted by Crippen LogP contribution is -2.06. The molecule has 0 fully saturated rings. The van der Waals surface area contributed by atoms with Crippen molar-refractivity contribution in [1.29, 1.82) is 0 Å². The fourth-order valence-corrected chi connectivity index (χ4v) is 2.08. The Bertz CT molecular complexity index is 878. The molecule has 0 aliphatic heterocycles. The molecule has 7 heteroatoms. The molecule has 0 atom stereocenters. The van der Waals surface area contributed by atoms with Gasteiger partial charge < -0.3 is 9.84 Å². The molecule has 0 aliphatic carbocycles. The summed E-state index contributed by atoms with van der Waals surface area (Å²) >= 11 is 0. The summed E-state index contributed by atoms with van der Waals surface area (Å²) in [4.78, 5) is 3.33. The molecule has 0 aliphatic rings. The highest BCUT2D eigenvalue weighted by Gasteiger charge is 2.32. The van der Waals surface area contributed by atoms with Crippen LogP contribution in [0.15, 0.2) is 48.7 Å². The smallest absolute Gasteiger partial charge is 0.417 e. The lowest BCUT2D eigenvalue weighted by Gasteiger charge is -2.11. The van der Waals surface area contributed by atoms with E-state index in [1.54, 1.807) is 30.3 Å². The standard InChI is InChI=1S/C16H9F4NO2/c17-12-7-10(16(18,19)20)8-21-15(12)23-13-6-5-9-3-1-2-4-11(9)14(13)22/h1-8,22H. The summed E-state index contributed by atoms with van der Waals surface area (Å²) in [7, 11) is 0. The first kappa shape index (κ1) is 15.1. The van der Waals surface area contributed by atoms with E-state index in [1.165, 1.54) is 6.07 Å². The summed E-state index contributed by atoms with van der Waals surface area (Å²) in [5.41, 5.74) is -1.22. The van der Waals surface area contributed by atoms with Gasteiger partial charge in [0, 0.05) is 11.6 Å². The molecule has 0 bridgehead atoms. The van der Waals surface area contributed by atoms with Gasteiger partial charge in [-0.05, 0) is 17.5 Å². The number of halogens is 4. The van der Waals surface area contributed by atoms with Crippen molar-refractivity contribution in [2.24, 2.45) is 0 Å². The summed E-state index contributed by atoms with van der Waals surface area (Å²) in [6.45, 7) is 0. The molecule has 0 unspecified atom stereocenters. The van der Waals surface area contributed by atoms with Crippen LogP contribution in [0.5, 0.6) is 17.4 Å². The monoisotopic (exact) mass is 323 g/mol. The van der Waals surface area contributed by atoms with Gasteiger partial charge in [0.05, 0.1) is 5.56 Å². The third kappa shape index (κ3) is 2.90. The Kier molecular flexibility index (Phi) is 3.55. The molecule has 0 saturated carbocycles. The van der Waals surface area contributed by atoms with Crippen molar-refractivity contribution in [2.75, 3.05) is 0 Å². The molecule has 0 radical (unpaired) electrons. The number of benzene rings is 2. The maximum atomic E-state index is 13.7. The van der Waals surface area contributed by atoms with E-state index in [4.69, 9.17) is 4.74 Å². The zero-order valence-corrected chi connectivity index (χ0v) is 11.4. The van der Waals surface area contributed by atoms with Crippen molar-refractivity contribution in [3.05, 3.63) is 60.0 Å². The summed E-state index contributed by atoms with van der Waals surface area (Å²) in [6, 6.07) is 10.2. The van der Waals surface area contributed by atoms with Crippen molar-refractivity contribution < 1.29 is 27.4 Å². The number of pyridine rings is 1. The zero-order valence-electron chi connectivity index (χ0n) is 11.4. The van der Waals surface area contributed by atoms with E-state index in [0.29, 0.717) is 17.6 Å². The Balaban J connectivity index is 1.98. The predicted molar refractivity (Wildman–Crippen MR) is 74.9 cm³/mol. The first-order chi connectivity index (χ1) is 10.9. The number of phenolic OH excluding ortho intramolecular Hbond substituents is 1. The minimum atomic E-state index is -4.70. The normalized spacial score (nSPS) is 11.7. The highest BCUT2D eigenvalue weighted by Crippen LogP contribution is 2.38. The third-order valence-corrected chi connectivity index (χ3v) is 3.20. The van der Waals surface area contributed by atoms with Gasteiger partial charge in [0.1, 0.15) is 0 Å². The van der Waals surface area contributed by atoms with E-state index in [0.717, 1.165) is 5.39 Å². The van der Waals surface area contributed by atoms with Crippen LogP contribution in [-0.4, -0.2) is 10.1 Å². The van der Waals surface area contributed by atoms with Crippen LogP contribution in [0.3, 0.4) is 0 Å². The van der Waals surface area contributed by atoms with Gasteiger partial charge in [-0.15, -0.1) is 0 Å². The molecule has 1 aromatic heterocycles. The maximum absolute atomic E-state index is 13.7. The van der Waals surface area contributed by atoms with Crippen LogP contribution < -0.4 is 4.74 Å². The fraction of sp³-hybridized carbons (Fsp3) is 0.0625. The molecule has 0 saturated heterocycles. The summed E-state index contributed by atoms with van der Waals surface area (Å²) in [5, 5.41) is 11.3. The Morgan fingerprint density at radius 1 is 1.04 bits per heavy atom. The van der Waals surface area contributed by atoms with Crippen LogP contribution >= 0.6 is 0 Å². The van der Waals surface area contributed by atoms with E-state index >= 15 is 0 Å². The Morgan fingerprint density at radius 3 is 2.48 bits per heavy atom. The second-order valence-electron chi connectivity index (χ2n) is 4.74. The lowest BCUT2D eigenvalue weighted by molar-refractivity contribution is -0.138. The van der Waals surface area contributed by atoms with Gasteiger partial charge in [0.2, 0.25) is 0 Å². The average molecular weight is 323 g/mol. The zero-order chi connectivity index (χ0) is 16.6. The van der Waals surface area contributed by atoms with E-state index in [2.05, 4.69) is 4.98 Å². The highest BCUT2D eigenvalue weighted by molar-refractivity contribution is 5.90. The number of phenols is 1. The summed E-state index contributed by atoms with van der Waals surface area (Å²) < 4.78 is 56.3. The summed E-state index contributed by atoms with van der Waals surface area (Å²) in [5.74, 6) is -2.27. The SMILES string of the molecule is Oc1c(Oc2ncc(C(F)(F)F)cc2F)ccc2ccccc12. The van der Waals surface area contributed by atoms with E-state index in [9.17, 15) is 22.7 Å². The number of hydrogen-bond donors (Lipinski definition) is 1. The van der Waals surface area contributed by atoms with Gasteiger partial charge in [0.15, 0.2) is 17.3 Å². The molecule has 1 heterocycles. The second kappa shape index (κ2) is 5.42. The van der Waals surface area contributed by atoms with Gasteiger partial charge in [-0.1, -0.05) is 30.3 Å². The number of nitrogens with zero attached hydrogens (tertiary/aromatic N) is 1. The largest absolute Gasteiger partial charge is 0.504 e. The molecule has 0 spiro atoms. The second-order valence-corrected chi connectivity index (χ2v) is 4.74. The molecule has 3 aromatic rings. The molecule has 23 heavy (non-hydrogen) atoms. The van der Waals surface area contributed by atoms with Gasteiger partial charge >= 0.3 is 6.18 Å². The van der Waals surface area contributed by atoms with Gasteiger partial charge in [-0.25, -0.2) is 9.37 Å². The molecule has 118 valence electrons. The molecule has 3 rings (SSSR count). The molecule has 3 nitrogen and oxygen atoms in total. The minimum Gasteiger partial charge on any atom is -0.504 e. The predicted octanol–water partition coefficient (Wildman–Crippen LogP) is 4.89. The summed E-state index contributed by atoms with van der Waals surface area (Å²) in [6.07, 6.45) is -4.23. The molecule has 0 amide bonds. The van der Waals surface area contributed by atoms with E-state index in [-0.39, 0.29) is 11.5 Å². The average Bonchev–Trinajstić information content (AvgIpc) is 2.51. The number of aromatic nitrogens is 1. The van der Waals surface area contributed by atoms with Crippen LogP contribution in [0.25, 0.3) is 10.8 Å².